The minimum Gasteiger partial charge on any atom is -0.394 e. The highest BCUT2D eigenvalue weighted by atomic mass is 32.1. The minimum atomic E-state index is -0.349. The first-order valence-corrected chi connectivity index (χ1v) is 7.40. The van der Waals surface area contributed by atoms with Crippen LogP contribution in [0.1, 0.15) is 27.6 Å². The van der Waals surface area contributed by atoms with E-state index in [9.17, 15) is 9.59 Å². The molecule has 0 saturated heterocycles. The maximum Gasteiger partial charge on any atom is 0.256 e. The van der Waals surface area contributed by atoms with Crippen molar-refractivity contribution in [2.45, 2.75) is 13.0 Å². The van der Waals surface area contributed by atoms with Crippen molar-refractivity contribution in [3.63, 3.8) is 0 Å². The second kappa shape index (κ2) is 7.01. The van der Waals surface area contributed by atoms with Gasteiger partial charge in [0.05, 0.1) is 23.4 Å². The standard InChI is InChI=1S/C15H16N2O3S/c1-10(8-18)16-15(20)12-4-2-3-5-13(12)17-14(19)11-6-7-21-9-11/h2-7,9-10,18H,8H2,1H3,(H,16,20)(H,17,19). The number of para-hydroxylation sites is 1. The number of amides is 2. The van der Waals surface area contributed by atoms with E-state index in [-0.39, 0.29) is 24.5 Å². The van der Waals surface area contributed by atoms with E-state index in [1.165, 1.54) is 11.3 Å². The van der Waals surface area contributed by atoms with Gasteiger partial charge in [-0.3, -0.25) is 9.59 Å². The van der Waals surface area contributed by atoms with Gasteiger partial charge in [0.25, 0.3) is 11.8 Å². The molecule has 1 aromatic heterocycles. The molecule has 3 N–H and O–H groups in total. The number of aliphatic hydroxyl groups is 1. The summed E-state index contributed by atoms with van der Waals surface area (Å²) in [6, 6.07) is 8.13. The number of hydrogen-bond donors (Lipinski definition) is 3. The molecule has 6 heteroatoms. The van der Waals surface area contributed by atoms with Crippen molar-refractivity contribution < 1.29 is 14.7 Å². The van der Waals surface area contributed by atoms with Crippen LogP contribution in [0.3, 0.4) is 0 Å². The Morgan fingerprint density at radius 3 is 2.67 bits per heavy atom. The number of hydrogen-bond acceptors (Lipinski definition) is 4. The first-order chi connectivity index (χ1) is 10.1. The fourth-order valence-electron chi connectivity index (χ4n) is 1.73. The summed E-state index contributed by atoms with van der Waals surface area (Å²) in [4.78, 5) is 24.2. The number of anilines is 1. The van der Waals surface area contributed by atoms with E-state index < -0.39 is 0 Å². The lowest BCUT2D eigenvalue weighted by molar-refractivity contribution is 0.0923. The molecule has 0 radical (unpaired) electrons. The van der Waals surface area contributed by atoms with E-state index in [0.717, 1.165) is 0 Å². The SMILES string of the molecule is CC(CO)NC(=O)c1ccccc1NC(=O)c1ccsc1. The van der Waals surface area contributed by atoms with E-state index in [0.29, 0.717) is 16.8 Å². The summed E-state index contributed by atoms with van der Waals surface area (Å²) < 4.78 is 0. The van der Waals surface area contributed by atoms with Crippen LogP contribution in [-0.2, 0) is 0 Å². The fraction of sp³-hybridized carbons (Fsp3) is 0.200. The number of carbonyl (C=O) groups is 2. The zero-order valence-electron chi connectivity index (χ0n) is 11.5. The first kappa shape index (κ1) is 15.2. The lowest BCUT2D eigenvalue weighted by Crippen LogP contribution is -2.35. The topological polar surface area (TPSA) is 78.4 Å². The van der Waals surface area contributed by atoms with E-state index in [2.05, 4.69) is 10.6 Å². The Hall–Kier alpha value is -2.18. The molecule has 0 saturated carbocycles. The van der Waals surface area contributed by atoms with Crippen LogP contribution in [-0.4, -0.2) is 29.6 Å². The van der Waals surface area contributed by atoms with Gasteiger partial charge >= 0.3 is 0 Å². The second-order valence-corrected chi connectivity index (χ2v) is 5.35. The van der Waals surface area contributed by atoms with E-state index in [1.807, 2.05) is 5.38 Å². The van der Waals surface area contributed by atoms with Crippen molar-refractivity contribution in [3.8, 4) is 0 Å². The number of rotatable bonds is 5. The number of benzene rings is 1. The highest BCUT2D eigenvalue weighted by molar-refractivity contribution is 7.08. The summed E-state index contributed by atoms with van der Waals surface area (Å²) in [5, 5.41) is 17.9. The molecular formula is C15H16N2O3S. The van der Waals surface area contributed by atoms with Crippen LogP contribution in [0.2, 0.25) is 0 Å². The van der Waals surface area contributed by atoms with Gasteiger partial charge in [0.15, 0.2) is 0 Å². The van der Waals surface area contributed by atoms with Crippen molar-refractivity contribution in [1.82, 2.24) is 5.32 Å². The normalized spacial score (nSPS) is 11.7. The predicted octanol–water partition coefficient (Wildman–Crippen LogP) is 2.11. The van der Waals surface area contributed by atoms with Crippen molar-refractivity contribution >= 4 is 28.8 Å². The maximum atomic E-state index is 12.1. The van der Waals surface area contributed by atoms with Crippen LogP contribution in [0.5, 0.6) is 0 Å². The number of thiophene rings is 1. The van der Waals surface area contributed by atoms with Gasteiger partial charge in [0.1, 0.15) is 0 Å². The molecule has 0 spiro atoms. The van der Waals surface area contributed by atoms with Crippen LogP contribution >= 0.6 is 11.3 Å². The molecule has 0 fully saturated rings. The predicted molar refractivity (Wildman–Crippen MR) is 82.7 cm³/mol. The molecule has 2 aromatic rings. The molecule has 0 bridgehead atoms. The smallest absolute Gasteiger partial charge is 0.256 e. The average Bonchev–Trinajstić information content (AvgIpc) is 3.01. The minimum absolute atomic E-state index is 0.144. The van der Waals surface area contributed by atoms with Crippen molar-refractivity contribution in [1.29, 1.82) is 0 Å². The quantitative estimate of drug-likeness (QED) is 0.791. The fourth-order valence-corrected chi connectivity index (χ4v) is 2.36. The molecule has 1 atom stereocenters. The Balaban J connectivity index is 2.17. The summed E-state index contributed by atoms with van der Waals surface area (Å²) in [5.74, 6) is -0.593. The van der Waals surface area contributed by atoms with E-state index >= 15 is 0 Å². The Labute approximate surface area is 126 Å². The second-order valence-electron chi connectivity index (χ2n) is 4.57. The maximum absolute atomic E-state index is 12.1. The van der Waals surface area contributed by atoms with Crippen LogP contribution in [0, 0.1) is 0 Å². The van der Waals surface area contributed by atoms with Crippen LogP contribution in [0.4, 0.5) is 5.69 Å². The third-order valence-corrected chi connectivity index (χ3v) is 3.54. The molecule has 21 heavy (non-hydrogen) atoms. The zero-order valence-corrected chi connectivity index (χ0v) is 12.3. The summed E-state index contributed by atoms with van der Waals surface area (Å²) in [5.41, 5.74) is 1.36. The number of nitrogens with one attached hydrogen (secondary N) is 2. The van der Waals surface area contributed by atoms with Gasteiger partial charge < -0.3 is 15.7 Å². The Morgan fingerprint density at radius 1 is 1.24 bits per heavy atom. The van der Waals surface area contributed by atoms with Crippen LogP contribution in [0.15, 0.2) is 41.1 Å². The molecule has 2 amide bonds. The van der Waals surface area contributed by atoms with Crippen molar-refractivity contribution in [3.05, 3.63) is 52.2 Å². The molecule has 1 heterocycles. The molecule has 0 aliphatic carbocycles. The number of aliphatic hydroxyl groups excluding tert-OH is 1. The Bertz CT molecular complexity index is 626. The largest absolute Gasteiger partial charge is 0.394 e. The van der Waals surface area contributed by atoms with Crippen molar-refractivity contribution in [2.24, 2.45) is 0 Å². The van der Waals surface area contributed by atoms with Crippen LogP contribution in [0.25, 0.3) is 0 Å². The molecule has 2 rings (SSSR count). The van der Waals surface area contributed by atoms with Gasteiger partial charge in [0.2, 0.25) is 0 Å². The summed E-state index contributed by atoms with van der Waals surface area (Å²) in [6.07, 6.45) is 0. The monoisotopic (exact) mass is 304 g/mol. The molecule has 5 nitrogen and oxygen atoms in total. The molecular weight excluding hydrogens is 288 g/mol. The van der Waals surface area contributed by atoms with Gasteiger partial charge in [-0.15, -0.1) is 0 Å². The summed E-state index contributed by atoms with van der Waals surface area (Å²) in [6.45, 7) is 1.56. The molecule has 0 aliphatic rings. The Morgan fingerprint density at radius 2 is 2.00 bits per heavy atom. The van der Waals surface area contributed by atoms with Gasteiger partial charge in [-0.2, -0.15) is 11.3 Å². The van der Waals surface area contributed by atoms with Gasteiger partial charge in [-0.05, 0) is 30.5 Å². The highest BCUT2D eigenvalue weighted by Crippen LogP contribution is 2.17. The number of carbonyl (C=O) groups excluding carboxylic acids is 2. The van der Waals surface area contributed by atoms with E-state index in [1.54, 1.807) is 42.6 Å². The summed E-state index contributed by atoms with van der Waals surface area (Å²) in [7, 11) is 0. The third kappa shape index (κ3) is 3.90. The molecule has 110 valence electrons. The molecule has 1 unspecified atom stereocenters. The molecule has 1 aromatic carbocycles. The lowest BCUT2D eigenvalue weighted by Gasteiger charge is -2.14. The van der Waals surface area contributed by atoms with Gasteiger partial charge in [-0.25, -0.2) is 0 Å². The summed E-state index contributed by atoms with van der Waals surface area (Å²) >= 11 is 1.43. The Kier molecular flexibility index (Phi) is 5.08. The van der Waals surface area contributed by atoms with E-state index in [4.69, 9.17) is 5.11 Å². The average molecular weight is 304 g/mol. The molecule has 0 aliphatic heterocycles. The highest BCUT2D eigenvalue weighted by Gasteiger charge is 2.15. The third-order valence-electron chi connectivity index (χ3n) is 2.85. The van der Waals surface area contributed by atoms with Gasteiger partial charge in [-0.1, -0.05) is 12.1 Å². The van der Waals surface area contributed by atoms with Crippen molar-refractivity contribution in [2.75, 3.05) is 11.9 Å². The lowest BCUT2D eigenvalue weighted by atomic mass is 10.1. The van der Waals surface area contributed by atoms with Gasteiger partial charge in [0, 0.05) is 11.4 Å². The first-order valence-electron chi connectivity index (χ1n) is 6.46. The van der Waals surface area contributed by atoms with Crippen LogP contribution < -0.4 is 10.6 Å². The zero-order chi connectivity index (χ0) is 15.2.